The van der Waals surface area contributed by atoms with Gasteiger partial charge < -0.3 is 14.4 Å². The van der Waals surface area contributed by atoms with Crippen LogP contribution < -0.4 is 5.19 Å². The molecule has 6 aromatic carbocycles. The van der Waals surface area contributed by atoms with Crippen LogP contribution in [0.15, 0.2) is 156 Å². The number of rotatable bonds is 9. The smallest absolute Gasteiger partial charge is 0.128 e. The molecule has 6 heteroatoms. The van der Waals surface area contributed by atoms with Crippen molar-refractivity contribution in [3.05, 3.63) is 187 Å². The molecule has 0 unspecified atom stereocenters. The molecular weight excluding hydrogens is 1040 g/mol. The first kappa shape index (κ1) is 45.6. The minimum absolute atomic E-state index is 0. The van der Waals surface area contributed by atoms with Crippen molar-refractivity contribution in [2.45, 2.75) is 105 Å². The van der Waals surface area contributed by atoms with E-state index in [1.807, 2.05) is 54.9 Å². The molecule has 0 spiro atoms. The summed E-state index contributed by atoms with van der Waals surface area (Å²) in [5.74, 6) is -0.656. The van der Waals surface area contributed by atoms with Gasteiger partial charge in [0.25, 0.3) is 0 Å². The van der Waals surface area contributed by atoms with Gasteiger partial charge in [-0.25, -0.2) is 0 Å². The SMILES string of the molecule is C[Si](C)(C)c1ccc(-c2[c-]cc(F)cc2)nc1.[2H]c1cc(C2([2H])CCC(C)(C)CC2)cc([2H])c1-c1cc(C(C)C)c(-c2ccnc(-c3[c-]ccc4c3oc3c(-c5ccccc5)cccc34)c2)c(C(C)C)c1.[Ir]. The third kappa shape index (κ3) is 10.8. The van der Waals surface area contributed by atoms with E-state index in [1.165, 1.54) is 34.0 Å². The topological polar surface area (TPSA) is 38.9 Å². The van der Waals surface area contributed by atoms with Gasteiger partial charge in [0.05, 0.1) is 16.4 Å². The molecule has 0 saturated heterocycles. The molecule has 1 aliphatic carbocycles. The van der Waals surface area contributed by atoms with Crippen molar-refractivity contribution in [2.75, 3.05) is 0 Å². The van der Waals surface area contributed by atoms with Gasteiger partial charge in [0.2, 0.25) is 0 Å². The minimum atomic E-state index is -1.30. The van der Waals surface area contributed by atoms with Crippen molar-refractivity contribution in [2.24, 2.45) is 5.41 Å². The van der Waals surface area contributed by atoms with E-state index in [4.69, 9.17) is 9.40 Å². The first-order chi connectivity index (χ1) is 33.8. The van der Waals surface area contributed by atoms with Gasteiger partial charge >= 0.3 is 0 Å². The summed E-state index contributed by atoms with van der Waals surface area (Å²) in [6.07, 6.45) is 7.28. The second-order valence-corrected chi connectivity index (χ2v) is 25.9. The summed E-state index contributed by atoms with van der Waals surface area (Å²) in [7, 11) is -1.30. The van der Waals surface area contributed by atoms with Crippen LogP contribution in [0.4, 0.5) is 4.39 Å². The zero-order chi connectivity index (χ0) is 50.4. The Labute approximate surface area is 428 Å². The predicted octanol–water partition coefficient (Wildman–Crippen LogP) is 17.6. The Bertz CT molecular complexity index is 3320. The fraction of sp³-hybridized carbons (Fsp3) is 0.270. The van der Waals surface area contributed by atoms with E-state index >= 15 is 0 Å². The zero-order valence-electron chi connectivity index (χ0n) is 44.3. The fourth-order valence-electron chi connectivity index (χ4n) is 9.43. The third-order valence-corrected chi connectivity index (χ3v) is 15.6. The second kappa shape index (κ2) is 20.7. The van der Waals surface area contributed by atoms with E-state index in [9.17, 15) is 8.50 Å². The van der Waals surface area contributed by atoms with Crippen LogP contribution in [0.5, 0.6) is 0 Å². The second-order valence-electron chi connectivity index (χ2n) is 20.8. The van der Waals surface area contributed by atoms with Crippen molar-refractivity contribution in [3.8, 4) is 55.9 Å². The molecule has 69 heavy (non-hydrogen) atoms. The molecule has 3 aromatic heterocycles. The van der Waals surface area contributed by atoms with E-state index in [-0.39, 0.29) is 43.2 Å². The molecule has 9 aromatic rings. The molecule has 0 aliphatic heterocycles. The van der Waals surface area contributed by atoms with Gasteiger partial charge in [0.1, 0.15) is 5.58 Å². The number of nitrogens with zero attached hydrogens (tertiary/aromatic N) is 2. The number of para-hydroxylation sites is 1. The summed E-state index contributed by atoms with van der Waals surface area (Å²) in [4.78, 5) is 9.30. The van der Waals surface area contributed by atoms with Crippen LogP contribution in [0.2, 0.25) is 19.6 Å². The summed E-state index contributed by atoms with van der Waals surface area (Å²) in [5, 5.41) is 3.42. The van der Waals surface area contributed by atoms with Gasteiger partial charge in [0, 0.05) is 50.6 Å². The van der Waals surface area contributed by atoms with Crippen LogP contribution >= 0.6 is 0 Å². The molecule has 1 saturated carbocycles. The number of halogens is 1. The first-order valence-corrected chi connectivity index (χ1v) is 27.6. The number of pyridine rings is 2. The van der Waals surface area contributed by atoms with Crippen molar-refractivity contribution in [1.82, 2.24) is 9.97 Å². The molecule has 0 amide bonds. The predicted molar refractivity (Wildman–Crippen MR) is 287 cm³/mol. The van der Waals surface area contributed by atoms with Crippen molar-refractivity contribution in [3.63, 3.8) is 0 Å². The van der Waals surface area contributed by atoms with E-state index in [0.29, 0.717) is 17.6 Å². The number of fused-ring (bicyclic) bond motifs is 3. The van der Waals surface area contributed by atoms with Crippen LogP contribution in [0.1, 0.15) is 106 Å². The van der Waals surface area contributed by atoms with Crippen LogP contribution in [0.25, 0.3) is 77.8 Å². The summed E-state index contributed by atoms with van der Waals surface area (Å²) in [6, 6.07) is 48.6. The first-order valence-electron chi connectivity index (χ1n) is 25.6. The van der Waals surface area contributed by atoms with E-state index in [2.05, 4.69) is 145 Å². The van der Waals surface area contributed by atoms with Crippen LogP contribution in [-0.2, 0) is 20.1 Å². The molecule has 1 fully saturated rings. The Kier molecular flexibility index (Phi) is 13.7. The molecule has 353 valence electrons. The summed E-state index contributed by atoms with van der Waals surface area (Å²) in [5.41, 5.74) is 14.2. The van der Waals surface area contributed by atoms with Crippen molar-refractivity contribution < 1.29 is 33.0 Å². The molecule has 0 atom stereocenters. The molecule has 10 rings (SSSR count). The standard InChI is InChI=1S/C49H48NO.C14H15FNSi.Ir/c1-31(2)43-28-38(34-20-18-33(19-21-34)35-22-25-49(5,6)26-23-35)29-44(32(3)4)46(43)37-24-27-50-45(30-37)42-17-11-16-41-40-15-10-14-39(47(40)51-48(41)42)36-12-8-7-9-13-36;1-17(2,3)13-8-9-14(16-10-13)11-4-6-12(15)7-5-11;/h7-16,18-21,24,27-32,35H,22-23,25-26H2,1-6H3;4,6-10H,1-3H3;/q2*-1;/i20D,21D,35D;;. The molecular formula is C63H63FIrN2OSi-2. The van der Waals surface area contributed by atoms with Gasteiger partial charge in [-0.1, -0.05) is 175 Å². The van der Waals surface area contributed by atoms with Crippen LogP contribution in [-0.4, -0.2) is 18.0 Å². The van der Waals surface area contributed by atoms with Gasteiger partial charge in [-0.2, -0.15) is 0 Å². The fourth-order valence-corrected chi connectivity index (χ4v) is 10.5. The molecule has 0 bridgehead atoms. The van der Waals surface area contributed by atoms with E-state index in [0.717, 1.165) is 98.0 Å². The number of furan rings is 1. The molecule has 1 aliphatic rings. The average Bonchev–Trinajstić information content (AvgIpc) is 3.74. The Morgan fingerprint density at radius 1 is 0.710 bits per heavy atom. The normalized spacial score (nSPS) is 15.0. The van der Waals surface area contributed by atoms with E-state index in [1.54, 1.807) is 6.07 Å². The Hall–Kier alpha value is -5.78. The zero-order valence-corrected chi connectivity index (χ0v) is 44.7. The molecule has 3 heterocycles. The van der Waals surface area contributed by atoms with Crippen molar-refractivity contribution >= 4 is 35.2 Å². The van der Waals surface area contributed by atoms with Gasteiger partial charge in [-0.15, -0.1) is 48.0 Å². The molecule has 1 radical (unpaired) electrons. The van der Waals surface area contributed by atoms with Crippen LogP contribution in [0.3, 0.4) is 0 Å². The molecule has 3 nitrogen and oxygen atoms in total. The third-order valence-electron chi connectivity index (χ3n) is 13.6. The van der Waals surface area contributed by atoms with Gasteiger partial charge in [-0.05, 0) is 116 Å². The Morgan fingerprint density at radius 2 is 1.41 bits per heavy atom. The van der Waals surface area contributed by atoms with Gasteiger partial charge in [-0.3, -0.25) is 4.39 Å². The Balaban J connectivity index is 0.000000326. The number of aromatic nitrogens is 2. The monoisotopic (exact) mass is 1110 g/mol. The van der Waals surface area contributed by atoms with E-state index < -0.39 is 14.0 Å². The Morgan fingerprint density at radius 3 is 2.03 bits per heavy atom. The number of hydrogen-bond donors (Lipinski definition) is 0. The quantitative estimate of drug-likeness (QED) is 0.107. The summed E-state index contributed by atoms with van der Waals surface area (Å²) in [6.45, 7) is 20.3. The maximum atomic E-state index is 12.8. The average molecular weight is 1110 g/mol. The minimum Gasteiger partial charge on any atom is -0.500 e. The summed E-state index contributed by atoms with van der Waals surface area (Å²) < 4.78 is 47.3. The number of benzene rings is 6. The van der Waals surface area contributed by atoms with Gasteiger partial charge in [0.15, 0.2) is 0 Å². The van der Waals surface area contributed by atoms with Crippen LogP contribution in [0, 0.1) is 23.4 Å². The maximum absolute atomic E-state index is 12.8. The molecule has 0 N–H and O–H groups in total. The largest absolute Gasteiger partial charge is 0.500 e. The van der Waals surface area contributed by atoms with Crippen molar-refractivity contribution in [1.29, 1.82) is 0 Å². The number of hydrogen-bond acceptors (Lipinski definition) is 3. The summed E-state index contributed by atoms with van der Waals surface area (Å²) >= 11 is 0. The maximum Gasteiger partial charge on any atom is 0.128 e.